The Labute approximate surface area is 139 Å². The molecule has 0 aromatic heterocycles. The van der Waals surface area contributed by atoms with Gasteiger partial charge in [-0.05, 0) is 61.2 Å². The summed E-state index contributed by atoms with van der Waals surface area (Å²) in [5, 5.41) is 6.37. The van der Waals surface area contributed by atoms with E-state index in [-0.39, 0.29) is 10.6 Å². The van der Waals surface area contributed by atoms with Crippen molar-refractivity contribution in [3.8, 4) is 0 Å². The number of nitrogens with one attached hydrogen (secondary N) is 2. The van der Waals surface area contributed by atoms with E-state index in [1.165, 1.54) is 30.5 Å². The molecule has 1 atom stereocenters. The Bertz CT molecular complexity index is 697. The van der Waals surface area contributed by atoms with Gasteiger partial charge in [0.15, 0.2) is 0 Å². The molecule has 2 N–H and O–H groups in total. The fourth-order valence-corrected chi connectivity index (χ4v) is 3.01. The summed E-state index contributed by atoms with van der Waals surface area (Å²) in [6, 6.07) is 11.8. The van der Waals surface area contributed by atoms with Crippen molar-refractivity contribution in [1.29, 1.82) is 0 Å². The maximum atomic E-state index is 13.8. The Morgan fingerprint density at radius 2 is 2.00 bits per heavy atom. The molecule has 5 heteroatoms. The predicted molar refractivity (Wildman–Crippen MR) is 90.6 cm³/mol. The lowest BCUT2D eigenvalue weighted by Crippen LogP contribution is -2.28. The minimum absolute atomic E-state index is 0.0186. The smallest absolute Gasteiger partial charge is 0.258 e. The molecular formula is C18H18ClFN2O. The van der Waals surface area contributed by atoms with Crippen molar-refractivity contribution in [3.05, 3.63) is 64.4 Å². The van der Waals surface area contributed by atoms with Crippen molar-refractivity contribution >= 4 is 23.2 Å². The second-order valence-electron chi connectivity index (χ2n) is 5.74. The Morgan fingerprint density at radius 3 is 2.65 bits per heavy atom. The van der Waals surface area contributed by atoms with Crippen LogP contribution in [0.2, 0.25) is 5.02 Å². The Balaban J connectivity index is 1.69. The summed E-state index contributed by atoms with van der Waals surface area (Å²) in [5.74, 6) is -0.589. The molecule has 1 aliphatic heterocycles. The summed E-state index contributed by atoms with van der Waals surface area (Å²) in [6.45, 7) is 2.07. The molecule has 1 heterocycles. The van der Waals surface area contributed by atoms with E-state index in [1.54, 1.807) is 0 Å². The lowest BCUT2D eigenvalue weighted by molar-refractivity contribution is 0.102. The molecule has 2 aromatic rings. The highest BCUT2D eigenvalue weighted by molar-refractivity contribution is 6.30. The molecule has 0 unspecified atom stereocenters. The van der Waals surface area contributed by atoms with Crippen LogP contribution in [0.25, 0.3) is 0 Å². The fourth-order valence-electron chi connectivity index (χ4n) is 2.85. The van der Waals surface area contributed by atoms with Crippen LogP contribution < -0.4 is 10.6 Å². The third-order valence-corrected chi connectivity index (χ3v) is 4.35. The van der Waals surface area contributed by atoms with Gasteiger partial charge in [-0.15, -0.1) is 0 Å². The maximum Gasteiger partial charge on any atom is 0.258 e. The number of piperidine rings is 1. The van der Waals surface area contributed by atoms with Crippen LogP contribution in [0.1, 0.15) is 34.7 Å². The highest BCUT2D eigenvalue weighted by atomic mass is 35.5. The van der Waals surface area contributed by atoms with Gasteiger partial charge in [0.05, 0.1) is 5.56 Å². The maximum absolute atomic E-state index is 13.8. The van der Waals surface area contributed by atoms with Gasteiger partial charge in [-0.3, -0.25) is 4.79 Å². The summed E-state index contributed by atoms with van der Waals surface area (Å²) in [4.78, 5) is 12.1. The van der Waals surface area contributed by atoms with E-state index in [1.807, 2.05) is 24.3 Å². The van der Waals surface area contributed by atoms with Crippen LogP contribution in [0.5, 0.6) is 0 Å². The van der Waals surface area contributed by atoms with Crippen LogP contribution in [-0.2, 0) is 0 Å². The molecule has 1 fully saturated rings. The van der Waals surface area contributed by atoms with E-state index < -0.39 is 11.7 Å². The summed E-state index contributed by atoms with van der Waals surface area (Å²) in [6.07, 6.45) is 2.35. The Kier molecular flexibility index (Phi) is 4.94. The molecule has 0 spiro atoms. The predicted octanol–water partition coefficient (Wildman–Crippen LogP) is 4.20. The van der Waals surface area contributed by atoms with Crippen LogP contribution in [0.3, 0.4) is 0 Å². The summed E-state index contributed by atoms with van der Waals surface area (Å²) < 4.78 is 13.8. The molecule has 3 nitrogen and oxygen atoms in total. The fraction of sp³-hybridized carbons (Fsp3) is 0.278. The molecule has 2 aromatic carbocycles. The summed E-state index contributed by atoms with van der Waals surface area (Å²) in [5.41, 5.74) is 1.89. The monoisotopic (exact) mass is 332 g/mol. The first-order chi connectivity index (χ1) is 11.1. The van der Waals surface area contributed by atoms with Crippen molar-refractivity contribution in [2.24, 2.45) is 0 Å². The van der Waals surface area contributed by atoms with E-state index in [0.717, 1.165) is 19.2 Å². The molecule has 0 aliphatic carbocycles. The first-order valence-corrected chi connectivity index (χ1v) is 8.08. The zero-order valence-corrected chi connectivity index (χ0v) is 13.4. The van der Waals surface area contributed by atoms with E-state index in [4.69, 9.17) is 11.6 Å². The van der Waals surface area contributed by atoms with Gasteiger partial charge < -0.3 is 10.6 Å². The highest BCUT2D eigenvalue weighted by Crippen LogP contribution is 2.24. The van der Waals surface area contributed by atoms with Crippen molar-refractivity contribution in [3.63, 3.8) is 0 Å². The van der Waals surface area contributed by atoms with Crippen molar-refractivity contribution in [2.75, 3.05) is 18.4 Å². The number of hydrogen-bond donors (Lipinski definition) is 2. The van der Waals surface area contributed by atoms with E-state index in [0.29, 0.717) is 11.6 Å². The van der Waals surface area contributed by atoms with Gasteiger partial charge in [0.2, 0.25) is 0 Å². The van der Waals surface area contributed by atoms with Gasteiger partial charge in [0, 0.05) is 17.3 Å². The van der Waals surface area contributed by atoms with Gasteiger partial charge in [0.1, 0.15) is 5.82 Å². The lowest BCUT2D eigenvalue weighted by Gasteiger charge is -2.23. The van der Waals surface area contributed by atoms with E-state index in [2.05, 4.69) is 10.6 Å². The molecule has 1 aliphatic rings. The normalized spacial score (nSPS) is 17.7. The largest absolute Gasteiger partial charge is 0.322 e. The van der Waals surface area contributed by atoms with Crippen LogP contribution >= 0.6 is 11.6 Å². The Hall–Kier alpha value is -1.91. The minimum Gasteiger partial charge on any atom is -0.322 e. The van der Waals surface area contributed by atoms with Gasteiger partial charge in [-0.2, -0.15) is 0 Å². The lowest BCUT2D eigenvalue weighted by atomic mass is 9.91. The number of carbonyl (C=O) groups is 1. The van der Waals surface area contributed by atoms with E-state index >= 15 is 0 Å². The first kappa shape index (κ1) is 16.0. The number of benzene rings is 2. The standard InChI is InChI=1S/C18H18ClFN2O/c19-14-5-8-16(17(20)10-14)18(23)22-15-6-3-12(4-7-15)13-2-1-9-21-11-13/h3-8,10,13,21H,1-2,9,11H2,(H,22,23)/t13-/m1/s1. The molecule has 3 rings (SSSR count). The number of rotatable bonds is 3. The van der Waals surface area contributed by atoms with Gasteiger partial charge in [-0.25, -0.2) is 4.39 Å². The minimum atomic E-state index is -0.625. The average molecular weight is 333 g/mol. The zero-order chi connectivity index (χ0) is 16.2. The van der Waals surface area contributed by atoms with Crippen LogP contribution in [0.15, 0.2) is 42.5 Å². The topological polar surface area (TPSA) is 41.1 Å². The van der Waals surface area contributed by atoms with Crippen molar-refractivity contribution < 1.29 is 9.18 Å². The third kappa shape index (κ3) is 3.89. The summed E-state index contributed by atoms with van der Waals surface area (Å²) >= 11 is 5.70. The third-order valence-electron chi connectivity index (χ3n) is 4.11. The molecular weight excluding hydrogens is 315 g/mol. The number of amides is 1. The molecule has 23 heavy (non-hydrogen) atoms. The Morgan fingerprint density at radius 1 is 1.22 bits per heavy atom. The molecule has 120 valence electrons. The van der Waals surface area contributed by atoms with Crippen LogP contribution in [0.4, 0.5) is 10.1 Å². The first-order valence-electron chi connectivity index (χ1n) is 7.70. The molecule has 0 radical (unpaired) electrons. The quantitative estimate of drug-likeness (QED) is 0.884. The SMILES string of the molecule is O=C(Nc1ccc([C@@H]2CCCNC2)cc1)c1ccc(Cl)cc1F. The van der Waals surface area contributed by atoms with Crippen molar-refractivity contribution in [1.82, 2.24) is 5.32 Å². The molecule has 0 saturated carbocycles. The highest BCUT2D eigenvalue weighted by Gasteiger charge is 2.16. The second-order valence-corrected chi connectivity index (χ2v) is 6.18. The number of carbonyl (C=O) groups excluding carboxylic acids is 1. The van der Waals surface area contributed by atoms with Gasteiger partial charge in [-0.1, -0.05) is 23.7 Å². The average Bonchev–Trinajstić information content (AvgIpc) is 2.56. The second kappa shape index (κ2) is 7.11. The van der Waals surface area contributed by atoms with Crippen molar-refractivity contribution in [2.45, 2.75) is 18.8 Å². The zero-order valence-electron chi connectivity index (χ0n) is 12.6. The van der Waals surface area contributed by atoms with Gasteiger partial charge >= 0.3 is 0 Å². The molecule has 0 bridgehead atoms. The van der Waals surface area contributed by atoms with Crippen LogP contribution in [0, 0.1) is 5.82 Å². The van der Waals surface area contributed by atoms with E-state index in [9.17, 15) is 9.18 Å². The molecule has 1 saturated heterocycles. The summed E-state index contributed by atoms with van der Waals surface area (Å²) in [7, 11) is 0. The van der Waals surface area contributed by atoms with Gasteiger partial charge in [0.25, 0.3) is 5.91 Å². The number of halogens is 2. The number of hydrogen-bond acceptors (Lipinski definition) is 2. The number of anilines is 1. The molecule has 1 amide bonds. The van der Waals surface area contributed by atoms with Crippen LogP contribution in [-0.4, -0.2) is 19.0 Å².